The van der Waals surface area contributed by atoms with E-state index in [9.17, 15) is 18.5 Å². The molecule has 156 valence electrons. The first-order chi connectivity index (χ1) is 13.4. The Hall–Kier alpha value is -1.91. The van der Waals surface area contributed by atoms with Gasteiger partial charge in [-0.15, -0.1) is 0 Å². The summed E-state index contributed by atoms with van der Waals surface area (Å²) in [6, 6.07) is 5.29. The van der Waals surface area contributed by atoms with E-state index in [2.05, 4.69) is 4.90 Å². The molecule has 10 heteroatoms. The second kappa shape index (κ2) is 9.06. The lowest BCUT2D eigenvalue weighted by Gasteiger charge is -2.40. The van der Waals surface area contributed by atoms with Gasteiger partial charge in [-0.05, 0) is 25.0 Å². The van der Waals surface area contributed by atoms with Crippen LogP contribution in [0.25, 0.3) is 0 Å². The quantitative estimate of drug-likeness (QED) is 0.375. The number of hydrogen-bond acceptors (Lipinski definition) is 8. The Bertz CT molecular complexity index is 779. The molecule has 3 rings (SSSR count). The number of hydrogen-bond donors (Lipinski definition) is 0. The van der Waals surface area contributed by atoms with Gasteiger partial charge in [0.1, 0.15) is 18.0 Å². The van der Waals surface area contributed by atoms with E-state index >= 15 is 0 Å². The van der Waals surface area contributed by atoms with Crippen molar-refractivity contribution in [2.45, 2.75) is 18.9 Å². The second-order valence-electron chi connectivity index (χ2n) is 7.15. The van der Waals surface area contributed by atoms with Crippen LogP contribution in [0.4, 0.5) is 11.4 Å². The van der Waals surface area contributed by atoms with Crippen LogP contribution in [0.5, 0.6) is 5.75 Å². The first-order valence-corrected chi connectivity index (χ1v) is 11.3. The van der Waals surface area contributed by atoms with Gasteiger partial charge in [0, 0.05) is 39.3 Å². The van der Waals surface area contributed by atoms with Crippen LogP contribution in [0.3, 0.4) is 0 Å². The summed E-state index contributed by atoms with van der Waals surface area (Å²) in [5.41, 5.74) is 0.640. The highest BCUT2D eigenvalue weighted by Gasteiger charge is 2.31. The average Bonchev–Trinajstić information content (AvgIpc) is 2.68. The minimum atomic E-state index is -2.88. The fourth-order valence-electron chi connectivity index (χ4n) is 3.81. The predicted molar refractivity (Wildman–Crippen MR) is 106 cm³/mol. The summed E-state index contributed by atoms with van der Waals surface area (Å²) < 4.78 is 33.6. The molecule has 0 aliphatic carbocycles. The first kappa shape index (κ1) is 20.8. The zero-order chi connectivity index (χ0) is 20.1. The van der Waals surface area contributed by atoms with Gasteiger partial charge >= 0.3 is 0 Å². The molecule has 0 N–H and O–H groups in total. The van der Waals surface area contributed by atoms with Crippen molar-refractivity contribution in [3.8, 4) is 5.75 Å². The van der Waals surface area contributed by atoms with Crippen LogP contribution in [0, 0.1) is 10.1 Å². The third-order valence-electron chi connectivity index (χ3n) is 5.40. The summed E-state index contributed by atoms with van der Waals surface area (Å²) in [4.78, 5) is 15.5. The number of methoxy groups -OCH3 is 1. The number of ether oxygens (including phenoxy) is 2. The van der Waals surface area contributed by atoms with E-state index in [-0.39, 0.29) is 22.1 Å². The highest BCUT2D eigenvalue weighted by atomic mass is 32.2. The van der Waals surface area contributed by atoms with Crippen LogP contribution >= 0.6 is 0 Å². The monoisotopic (exact) mass is 413 g/mol. The van der Waals surface area contributed by atoms with Gasteiger partial charge in [-0.1, -0.05) is 0 Å². The molecule has 2 heterocycles. The van der Waals surface area contributed by atoms with Crippen molar-refractivity contribution < 1.29 is 22.8 Å². The maximum atomic E-state index is 11.6. The van der Waals surface area contributed by atoms with Gasteiger partial charge in [0.25, 0.3) is 5.69 Å². The van der Waals surface area contributed by atoms with Crippen molar-refractivity contribution in [2.24, 2.45) is 0 Å². The Balaban J connectivity index is 1.62. The zero-order valence-electron chi connectivity index (χ0n) is 16.1. The van der Waals surface area contributed by atoms with E-state index in [0.29, 0.717) is 56.9 Å². The minimum absolute atomic E-state index is 0.0393. The normalized spacial score (nSPS) is 20.8. The Morgan fingerprint density at radius 1 is 1.14 bits per heavy atom. The number of nitrogens with zero attached hydrogens (tertiary/aromatic N) is 3. The van der Waals surface area contributed by atoms with E-state index in [1.54, 1.807) is 19.2 Å². The molecule has 0 bridgehead atoms. The van der Waals surface area contributed by atoms with Crippen LogP contribution in [-0.2, 0) is 14.6 Å². The van der Waals surface area contributed by atoms with E-state index < -0.39 is 9.84 Å². The lowest BCUT2D eigenvalue weighted by molar-refractivity contribution is -0.384. The topological polar surface area (TPSA) is 102 Å². The van der Waals surface area contributed by atoms with E-state index in [1.165, 1.54) is 6.07 Å². The molecule has 0 spiro atoms. The third kappa shape index (κ3) is 5.12. The van der Waals surface area contributed by atoms with Crippen molar-refractivity contribution in [2.75, 3.05) is 62.9 Å². The molecule has 2 saturated heterocycles. The van der Waals surface area contributed by atoms with Crippen LogP contribution in [0.15, 0.2) is 18.2 Å². The molecular formula is C18H27N3O6S. The smallest absolute Gasteiger partial charge is 0.296 e. The number of benzene rings is 1. The summed E-state index contributed by atoms with van der Waals surface area (Å²) >= 11 is 0. The predicted octanol–water partition coefficient (Wildman–Crippen LogP) is 1.32. The van der Waals surface area contributed by atoms with Gasteiger partial charge in [-0.25, -0.2) is 8.42 Å². The second-order valence-corrected chi connectivity index (χ2v) is 9.46. The number of rotatable bonds is 7. The Kier molecular flexibility index (Phi) is 6.73. The first-order valence-electron chi connectivity index (χ1n) is 9.49. The maximum absolute atomic E-state index is 11.6. The molecule has 0 atom stereocenters. The highest BCUT2D eigenvalue weighted by Crippen LogP contribution is 2.34. The summed E-state index contributed by atoms with van der Waals surface area (Å²) in [6.45, 7) is 3.34. The Labute approximate surface area is 165 Å². The van der Waals surface area contributed by atoms with Crippen molar-refractivity contribution in [1.82, 2.24) is 4.90 Å². The van der Waals surface area contributed by atoms with Gasteiger partial charge in [0.15, 0.2) is 9.84 Å². The summed E-state index contributed by atoms with van der Waals surface area (Å²) in [6.07, 6.45) is 1.73. The van der Waals surface area contributed by atoms with Gasteiger partial charge in [0.2, 0.25) is 0 Å². The van der Waals surface area contributed by atoms with Crippen molar-refractivity contribution >= 4 is 21.2 Å². The zero-order valence-corrected chi connectivity index (χ0v) is 16.9. The molecular weight excluding hydrogens is 386 g/mol. The van der Waals surface area contributed by atoms with E-state index in [0.717, 1.165) is 12.8 Å². The number of piperidine rings is 1. The molecule has 1 aromatic carbocycles. The Morgan fingerprint density at radius 2 is 1.82 bits per heavy atom. The van der Waals surface area contributed by atoms with Crippen LogP contribution in [0.2, 0.25) is 0 Å². The van der Waals surface area contributed by atoms with Gasteiger partial charge in [0.05, 0.1) is 29.1 Å². The molecule has 2 aliphatic rings. The van der Waals surface area contributed by atoms with E-state index in [4.69, 9.17) is 9.47 Å². The molecule has 0 saturated carbocycles. The lowest BCUT2D eigenvalue weighted by Crippen LogP contribution is -2.50. The Morgan fingerprint density at radius 3 is 2.43 bits per heavy atom. The maximum Gasteiger partial charge on any atom is 0.296 e. The number of sulfone groups is 1. The molecule has 0 amide bonds. The van der Waals surface area contributed by atoms with Gasteiger partial charge in [-0.2, -0.15) is 0 Å². The molecule has 1 aromatic rings. The minimum Gasteiger partial charge on any atom is -0.491 e. The largest absolute Gasteiger partial charge is 0.491 e. The SMILES string of the molecule is COCCOc1ccc(N2CCC(N3CCS(=O)(=O)CC3)CC2)c([N+](=O)[O-])c1. The molecule has 9 nitrogen and oxygen atoms in total. The molecule has 0 unspecified atom stereocenters. The van der Waals surface area contributed by atoms with Gasteiger partial charge < -0.3 is 14.4 Å². The fourth-order valence-corrected chi connectivity index (χ4v) is 5.04. The molecule has 2 aliphatic heterocycles. The number of nitro groups is 1. The molecule has 28 heavy (non-hydrogen) atoms. The van der Waals surface area contributed by atoms with Crippen LogP contribution in [0.1, 0.15) is 12.8 Å². The van der Waals surface area contributed by atoms with Crippen LogP contribution in [-0.4, -0.2) is 82.3 Å². The summed E-state index contributed by atoms with van der Waals surface area (Å²) in [7, 11) is -1.31. The van der Waals surface area contributed by atoms with Crippen molar-refractivity contribution in [3.63, 3.8) is 0 Å². The van der Waals surface area contributed by atoms with Crippen molar-refractivity contribution in [3.05, 3.63) is 28.3 Å². The molecule has 2 fully saturated rings. The number of nitro benzene ring substituents is 1. The average molecular weight is 413 g/mol. The molecule has 0 aromatic heterocycles. The summed E-state index contributed by atoms with van der Waals surface area (Å²) in [5.74, 6) is 0.906. The molecule has 0 radical (unpaired) electrons. The fraction of sp³-hybridized carbons (Fsp3) is 0.667. The highest BCUT2D eigenvalue weighted by molar-refractivity contribution is 7.91. The summed E-state index contributed by atoms with van der Waals surface area (Å²) in [5, 5.41) is 11.6. The van der Waals surface area contributed by atoms with Crippen molar-refractivity contribution in [1.29, 1.82) is 0 Å². The lowest BCUT2D eigenvalue weighted by atomic mass is 10.0. The standard InChI is InChI=1S/C18H27N3O6S/c1-26-10-11-27-16-2-3-17(18(14-16)21(22)23)20-6-4-15(5-7-20)19-8-12-28(24,25)13-9-19/h2-3,14-15H,4-13H2,1H3. The third-order valence-corrected chi connectivity index (χ3v) is 7.01. The number of anilines is 1. The van der Waals surface area contributed by atoms with Crippen LogP contribution < -0.4 is 9.64 Å². The van der Waals surface area contributed by atoms with E-state index in [1.807, 2.05) is 4.90 Å². The van der Waals surface area contributed by atoms with Gasteiger partial charge in [-0.3, -0.25) is 15.0 Å².